The summed E-state index contributed by atoms with van der Waals surface area (Å²) in [6.07, 6.45) is 0. The van der Waals surface area contributed by atoms with E-state index in [2.05, 4.69) is 0 Å². The molecule has 3 atom stereocenters. The zero-order valence-electron chi connectivity index (χ0n) is 20.7. The highest BCUT2D eigenvalue weighted by Crippen LogP contribution is 2.51. The van der Waals surface area contributed by atoms with Crippen LogP contribution in [0.4, 0.5) is 0 Å². The van der Waals surface area contributed by atoms with Gasteiger partial charge in [0.2, 0.25) is 5.91 Å². The first kappa shape index (κ1) is 25.6. The Kier molecular flexibility index (Phi) is 7.38. The van der Waals surface area contributed by atoms with Crippen LogP contribution in [0.1, 0.15) is 29.7 Å². The smallest absolute Gasteiger partial charge is 0.333 e. The van der Waals surface area contributed by atoms with Gasteiger partial charge in [-0.3, -0.25) is 14.4 Å². The van der Waals surface area contributed by atoms with Crippen LogP contribution in [-0.2, 0) is 39.0 Å². The molecule has 1 heterocycles. The molecule has 37 heavy (non-hydrogen) atoms. The minimum atomic E-state index is -1.65. The van der Waals surface area contributed by atoms with Gasteiger partial charge in [-0.2, -0.15) is 0 Å². The lowest BCUT2D eigenvalue weighted by Crippen LogP contribution is -2.73. The van der Waals surface area contributed by atoms with Gasteiger partial charge in [0.1, 0.15) is 6.04 Å². The standard InChI is InChI=1S/C29H27NO7/c1-19(31)37-29(21-15-9-5-10-16-21,22-17-11-6-12-18-22)25-23(27(33)35-2)26(32)30(25)24(28(34)36-3)20-13-7-4-8-14-20/h4-18,23-25H,1-3H3/t23-,24?,25+/m1/s1. The average molecular weight is 502 g/mol. The van der Waals surface area contributed by atoms with Crippen LogP contribution >= 0.6 is 0 Å². The van der Waals surface area contributed by atoms with E-state index in [9.17, 15) is 19.2 Å². The van der Waals surface area contributed by atoms with Crippen molar-refractivity contribution < 1.29 is 33.4 Å². The Morgan fingerprint density at radius 3 is 1.70 bits per heavy atom. The molecule has 0 N–H and O–H groups in total. The summed E-state index contributed by atoms with van der Waals surface area (Å²) in [5, 5.41) is 0. The molecule has 0 aliphatic carbocycles. The lowest BCUT2D eigenvalue weighted by Gasteiger charge is -2.56. The largest absolute Gasteiger partial charge is 0.468 e. The molecule has 8 heteroatoms. The van der Waals surface area contributed by atoms with Crippen molar-refractivity contribution in [3.05, 3.63) is 108 Å². The van der Waals surface area contributed by atoms with Crippen LogP contribution < -0.4 is 0 Å². The Morgan fingerprint density at radius 1 is 0.784 bits per heavy atom. The summed E-state index contributed by atoms with van der Waals surface area (Å²) in [5.41, 5.74) is -0.134. The fourth-order valence-electron chi connectivity index (χ4n) is 5.03. The van der Waals surface area contributed by atoms with E-state index >= 15 is 0 Å². The van der Waals surface area contributed by atoms with Gasteiger partial charge >= 0.3 is 17.9 Å². The molecule has 1 fully saturated rings. The Bertz CT molecular complexity index is 1240. The summed E-state index contributed by atoms with van der Waals surface area (Å²) in [6, 6.07) is 24.0. The number of carbonyl (C=O) groups is 4. The number of β-lactam (4-membered cyclic amide) rings is 1. The van der Waals surface area contributed by atoms with E-state index in [0.717, 1.165) is 0 Å². The molecule has 1 aliphatic rings. The van der Waals surface area contributed by atoms with Crippen LogP contribution in [0.15, 0.2) is 91.0 Å². The first-order valence-corrected chi connectivity index (χ1v) is 11.7. The lowest BCUT2D eigenvalue weighted by atomic mass is 9.68. The molecular formula is C29H27NO7. The van der Waals surface area contributed by atoms with Crippen LogP contribution in [0.25, 0.3) is 0 Å². The number of hydrogen-bond acceptors (Lipinski definition) is 7. The molecule has 190 valence electrons. The lowest BCUT2D eigenvalue weighted by molar-refractivity contribution is -0.204. The number of likely N-dealkylation sites (tertiary alicyclic amines) is 1. The highest BCUT2D eigenvalue weighted by molar-refractivity contribution is 6.06. The fourth-order valence-corrected chi connectivity index (χ4v) is 5.03. The quantitative estimate of drug-likeness (QED) is 0.202. The second-order valence-electron chi connectivity index (χ2n) is 8.59. The third-order valence-electron chi connectivity index (χ3n) is 6.54. The Morgan fingerprint density at radius 2 is 1.27 bits per heavy atom. The number of rotatable bonds is 8. The number of methoxy groups -OCH3 is 2. The van der Waals surface area contributed by atoms with Crippen LogP contribution in [0, 0.1) is 5.92 Å². The van der Waals surface area contributed by atoms with E-state index in [1.165, 1.54) is 26.0 Å². The molecule has 0 bridgehead atoms. The highest BCUT2D eigenvalue weighted by Gasteiger charge is 2.67. The van der Waals surface area contributed by atoms with Gasteiger partial charge in [0, 0.05) is 18.1 Å². The Labute approximate surface area is 214 Å². The maximum absolute atomic E-state index is 13.7. The van der Waals surface area contributed by atoms with Crippen LogP contribution in [-0.4, -0.2) is 49.0 Å². The zero-order chi connectivity index (χ0) is 26.6. The fraction of sp³-hybridized carbons (Fsp3) is 0.241. The van der Waals surface area contributed by atoms with Gasteiger partial charge in [-0.15, -0.1) is 0 Å². The number of hydrogen-bond donors (Lipinski definition) is 0. The van der Waals surface area contributed by atoms with E-state index in [1.807, 2.05) is 0 Å². The van der Waals surface area contributed by atoms with Crippen molar-refractivity contribution in [2.75, 3.05) is 14.2 Å². The van der Waals surface area contributed by atoms with Gasteiger partial charge in [-0.1, -0.05) is 91.0 Å². The van der Waals surface area contributed by atoms with Gasteiger partial charge in [0.25, 0.3) is 0 Å². The molecule has 1 amide bonds. The molecule has 0 radical (unpaired) electrons. The molecule has 4 rings (SSSR count). The van der Waals surface area contributed by atoms with E-state index < -0.39 is 47.4 Å². The third kappa shape index (κ3) is 4.46. The molecule has 3 aromatic carbocycles. The summed E-state index contributed by atoms with van der Waals surface area (Å²) in [6.45, 7) is 1.26. The van der Waals surface area contributed by atoms with E-state index in [4.69, 9.17) is 14.2 Å². The zero-order valence-corrected chi connectivity index (χ0v) is 20.7. The normalized spacial score (nSPS) is 17.8. The average Bonchev–Trinajstić information content (AvgIpc) is 2.93. The molecule has 0 aromatic heterocycles. The van der Waals surface area contributed by atoms with E-state index in [-0.39, 0.29) is 0 Å². The molecule has 3 aromatic rings. The van der Waals surface area contributed by atoms with Gasteiger partial charge in [-0.25, -0.2) is 4.79 Å². The monoisotopic (exact) mass is 501 g/mol. The number of ether oxygens (including phenoxy) is 3. The first-order chi connectivity index (χ1) is 17.9. The predicted octanol–water partition coefficient (Wildman–Crippen LogP) is 3.41. The molecule has 1 aliphatic heterocycles. The second-order valence-corrected chi connectivity index (χ2v) is 8.59. The van der Waals surface area contributed by atoms with Gasteiger partial charge in [0.15, 0.2) is 17.6 Å². The highest BCUT2D eigenvalue weighted by atomic mass is 16.6. The summed E-state index contributed by atoms with van der Waals surface area (Å²) >= 11 is 0. The van der Waals surface area contributed by atoms with Crippen molar-refractivity contribution >= 4 is 23.8 Å². The van der Waals surface area contributed by atoms with E-state index in [1.54, 1.807) is 91.0 Å². The minimum absolute atomic E-state index is 0.480. The molecule has 1 unspecified atom stereocenters. The van der Waals surface area contributed by atoms with E-state index in [0.29, 0.717) is 16.7 Å². The number of esters is 3. The molecule has 0 spiro atoms. The van der Waals surface area contributed by atoms with Crippen molar-refractivity contribution in [2.24, 2.45) is 5.92 Å². The number of carbonyl (C=O) groups excluding carboxylic acids is 4. The second kappa shape index (κ2) is 10.7. The maximum Gasteiger partial charge on any atom is 0.333 e. The summed E-state index contributed by atoms with van der Waals surface area (Å²) in [7, 11) is 2.41. The maximum atomic E-state index is 13.7. The summed E-state index contributed by atoms with van der Waals surface area (Å²) in [4.78, 5) is 53.8. The van der Waals surface area contributed by atoms with Gasteiger partial charge < -0.3 is 19.1 Å². The summed E-state index contributed by atoms with van der Waals surface area (Å²) in [5.74, 6) is -4.12. The minimum Gasteiger partial charge on any atom is -0.468 e. The SMILES string of the molecule is COC(=O)C(c1ccccc1)N1C(=O)[C@H](C(=O)OC)[C@H]1C(OC(C)=O)(c1ccccc1)c1ccccc1. The molecule has 0 saturated carbocycles. The van der Waals surface area contributed by atoms with Crippen molar-refractivity contribution in [3.8, 4) is 0 Å². The summed E-state index contributed by atoms with van der Waals surface area (Å²) < 4.78 is 16.2. The number of nitrogens with zero attached hydrogens (tertiary/aromatic N) is 1. The Hall–Kier alpha value is -4.46. The Balaban J connectivity index is 2.04. The van der Waals surface area contributed by atoms with Crippen LogP contribution in [0.5, 0.6) is 0 Å². The topological polar surface area (TPSA) is 99.2 Å². The molecular weight excluding hydrogens is 474 g/mol. The molecule has 1 saturated heterocycles. The van der Waals surface area contributed by atoms with Gasteiger partial charge in [0.05, 0.1) is 14.2 Å². The van der Waals surface area contributed by atoms with Gasteiger partial charge in [-0.05, 0) is 5.56 Å². The first-order valence-electron chi connectivity index (χ1n) is 11.7. The predicted molar refractivity (Wildman–Crippen MR) is 133 cm³/mol. The van der Waals surface area contributed by atoms with Crippen molar-refractivity contribution in [1.29, 1.82) is 0 Å². The molecule has 8 nitrogen and oxygen atoms in total. The van der Waals surface area contributed by atoms with Crippen LogP contribution in [0.2, 0.25) is 0 Å². The number of benzene rings is 3. The van der Waals surface area contributed by atoms with Crippen molar-refractivity contribution in [2.45, 2.75) is 24.6 Å². The number of amides is 1. The van der Waals surface area contributed by atoms with Crippen molar-refractivity contribution in [1.82, 2.24) is 4.90 Å². The third-order valence-corrected chi connectivity index (χ3v) is 6.54. The van der Waals surface area contributed by atoms with Crippen LogP contribution in [0.3, 0.4) is 0 Å². The van der Waals surface area contributed by atoms with Crippen molar-refractivity contribution in [3.63, 3.8) is 0 Å².